The van der Waals surface area contributed by atoms with Crippen LogP contribution < -0.4 is 16.0 Å². The van der Waals surface area contributed by atoms with Crippen LogP contribution in [0.15, 0.2) is 18.2 Å². The molecule has 0 aliphatic carbocycles. The molecule has 0 bridgehead atoms. The fraction of sp³-hybridized carbons (Fsp3) is 0.692. The lowest BCUT2D eigenvalue weighted by molar-refractivity contribution is -0.00888. The second-order valence-corrected chi connectivity index (χ2v) is 10.2. The van der Waals surface area contributed by atoms with Crippen LogP contribution in [0.2, 0.25) is 5.02 Å². The fourth-order valence-corrected chi connectivity index (χ4v) is 5.43. The summed E-state index contributed by atoms with van der Waals surface area (Å²) in [6, 6.07) is 4.25. The van der Waals surface area contributed by atoms with Crippen LogP contribution >= 0.6 is 11.6 Å². The van der Waals surface area contributed by atoms with Crippen LogP contribution in [0.25, 0.3) is 0 Å². The Bertz CT molecular complexity index is 853. The number of nitrogens with zero attached hydrogens (tertiary/aromatic N) is 1. The van der Waals surface area contributed by atoms with Gasteiger partial charge in [0.1, 0.15) is 5.82 Å². The summed E-state index contributed by atoms with van der Waals surface area (Å²) in [7, 11) is 3.17. The van der Waals surface area contributed by atoms with Crippen molar-refractivity contribution in [2.45, 2.75) is 44.2 Å². The van der Waals surface area contributed by atoms with E-state index in [1.165, 1.54) is 19.2 Å². The van der Waals surface area contributed by atoms with Gasteiger partial charge in [0.15, 0.2) is 0 Å². The van der Waals surface area contributed by atoms with E-state index in [4.69, 9.17) is 21.1 Å². The molecule has 2 fully saturated rings. The van der Waals surface area contributed by atoms with Gasteiger partial charge >= 0.3 is 12.1 Å². The van der Waals surface area contributed by atoms with Gasteiger partial charge in [-0.05, 0) is 68.8 Å². The van der Waals surface area contributed by atoms with Gasteiger partial charge in [0.2, 0.25) is 0 Å². The number of hydrogen-bond donors (Lipinski definition) is 3. The van der Waals surface area contributed by atoms with E-state index in [1.54, 1.807) is 6.07 Å². The first-order valence-electron chi connectivity index (χ1n) is 13.1. The number of ether oxygens (including phenoxy) is 3. The zero-order valence-corrected chi connectivity index (χ0v) is 22.5. The number of urea groups is 1. The van der Waals surface area contributed by atoms with Crippen molar-refractivity contribution in [1.82, 2.24) is 20.9 Å². The molecule has 1 unspecified atom stereocenters. The zero-order valence-electron chi connectivity index (χ0n) is 21.8. The Labute approximate surface area is 223 Å². The number of hydrogen-bond acceptors (Lipinski definition) is 6. The average Bonchev–Trinajstić information content (AvgIpc) is 2.88. The predicted molar refractivity (Wildman–Crippen MR) is 139 cm³/mol. The predicted octanol–water partition coefficient (Wildman–Crippen LogP) is 3.72. The number of carbonyl (C=O) groups excluding carboxylic acids is 2. The largest absolute Gasteiger partial charge is 0.453 e. The molecule has 11 heteroatoms. The molecule has 4 atom stereocenters. The lowest BCUT2D eigenvalue weighted by Gasteiger charge is -2.38. The molecule has 2 heterocycles. The van der Waals surface area contributed by atoms with Crippen molar-refractivity contribution in [2.24, 2.45) is 11.8 Å². The van der Waals surface area contributed by atoms with E-state index >= 15 is 0 Å². The highest BCUT2D eigenvalue weighted by molar-refractivity contribution is 6.30. The number of alkyl carbamates (subject to hydrolysis) is 1. The minimum atomic E-state index is -0.551. The van der Waals surface area contributed by atoms with Crippen molar-refractivity contribution in [1.29, 1.82) is 0 Å². The molecule has 2 aliphatic rings. The Hall–Kier alpha value is -2.14. The molecule has 0 spiro atoms. The number of likely N-dealkylation sites (N-methyl/N-ethyl adjacent to an activating group) is 1. The third-order valence-electron chi connectivity index (χ3n) is 6.89. The fourth-order valence-electron chi connectivity index (χ4n) is 5.20. The number of rotatable bonds is 11. The standard InChI is InChI=1S/C26H40ClFN4O5/c1-29-15-23(11-18-5-4-9-36-17-18)31-25(33)32-8-3-6-19(16-32)24(37-10-7-30-26(34)35-2)20-12-21(27)14-22(28)13-20/h12-14,18-19,23-24,29H,3-11,15-17H2,1-2H3,(H,30,34)(H,31,33)/t18-,19+,23-,24?/m0/s1. The van der Waals surface area contributed by atoms with E-state index in [1.807, 2.05) is 11.9 Å². The summed E-state index contributed by atoms with van der Waals surface area (Å²) in [5.41, 5.74) is 0.612. The second kappa shape index (κ2) is 15.3. The summed E-state index contributed by atoms with van der Waals surface area (Å²) in [4.78, 5) is 26.5. The van der Waals surface area contributed by atoms with E-state index in [9.17, 15) is 14.0 Å². The maximum atomic E-state index is 14.2. The molecule has 37 heavy (non-hydrogen) atoms. The summed E-state index contributed by atoms with van der Waals surface area (Å²) in [6.45, 7) is 3.77. The van der Waals surface area contributed by atoms with Gasteiger partial charge in [-0.3, -0.25) is 0 Å². The Kier molecular flexibility index (Phi) is 12.2. The van der Waals surface area contributed by atoms with Crippen LogP contribution in [-0.4, -0.2) is 83.2 Å². The maximum absolute atomic E-state index is 14.2. The Morgan fingerprint density at radius 2 is 2.11 bits per heavy atom. The monoisotopic (exact) mass is 542 g/mol. The Balaban J connectivity index is 1.65. The third kappa shape index (κ3) is 9.59. The SMILES string of the molecule is CNC[C@H](C[C@@H]1CCCOC1)NC(=O)N1CCC[C@@H](C(OCCNC(=O)OC)c2cc(F)cc(Cl)c2)C1. The summed E-state index contributed by atoms with van der Waals surface area (Å²) in [6.07, 6.45) is 3.60. The molecule has 0 radical (unpaired) electrons. The zero-order chi connectivity index (χ0) is 26.6. The minimum Gasteiger partial charge on any atom is -0.453 e. The van der Waals surface area contributed by atoms with Crippen molar-refractivity contribution in [3.8, 4) is 0 Å². The van der Waals surface area contributed by atoms with Gasteiger partial charge in [-0.25, -0.2) is 14.0 Å². The molecule has 9 nitrogen and oxygen atoms in total. The van der Waals surface area contributed by atoms with Crippen molar-refractivity contribution < 1.29 is 28.2 Å². The van der Waals surface area contributed by atoms with Gasteiger partial charge in [-0.1, -0.05) is 11.6 Å². The van der Waals surface area contributed by atoms with Gasteiger partial charge in [0.25, 0.3) is 0 Å². The molecule has 1 aromatic carbocycles. The van der Waals surface area contributed by atoms with E-state index in [2.05, 4.69) is 20.7 Å². The molecular formula is C26H40ClFN4O5. The highest BCUT2D eigenvalue weighted by atomic mass is 35.5. The first kappa shape index (κ1) is 29.4. The van der Waals surface area contributed by atoms with Crippen LogP contribution in [0.5, 0.6) is 0 Å². The lowest BCUT2D eigenvalue weighted by atomic mass is 9.88. The molecule has 3 N–H and O–H groups in total. The van der Waals surface area contributed by atoms with Crippen LogP contribution in [0.4, 0.5) is 14.0 Å². The normalized spacial score (nSPS) is 21.7. The van der Waals surface area contributed by atoms with Crippen molar-refractivity contribution in [3.63, 3.8) is 0 Å². The van der Waals surface area contributed by atoms with Gasteiger partial charge in [0.05, 0.1) is 19.8 Å². The molecule has 3 rings (SSSR count). The number of nitrogens with one attached hydrogen (secondary N) is 3. The highest BCUT2D eigenvalue weighted by Crippen LogP contribution is 2.34. The van der Waals surface area contributed by atoms with Crippen LogP contribution in [-0.2, 0) is 14.2 Å². The minimum absolute atomic E-state index is 0.00282. The smallest absolute Gasteiger partial charge is 0.406 e. The molecule has 0 aromatic heterocycles. The van der Waals surface area contributed by atoms with E-state index in [0.717, 1.165) is 45.3 Å². The number of methoxy groups -OCH3 is 1. The Morgan fingerprint density at radius 3 is 2.81 bits per heavy atom. The van der Waals surface area contributed by atoms with E-state index in [-0.39, 0.29) is 36.2 Å². The molecule has 0 saturated carbocycles. The topological polar surface area (TPSA) is 101 Å². The molecule has 3 amide bonds. The van der Waals surface area contributed by atoms with Gasteiger partial charge < -0.3 is 35.1 Å². The maximum Gasteiger partial charge on any atom is 0.406 e. The number of carbonyl (C=O) groups is 2. The Morgan fingerprint density at radius 1 is 1.27 bits per heavy atom. The van der Waals surface area contributed by atoms with Crippen LogP contribution in [0.1, 0.15) is 43.8 Å². The van der Waals surface area contributed by atoms with E-state index in [0.29, 0.717) is 31.1 Å². The van der Waals surface area contributed by atoms with E-state index < -0.39 is 18.0 Å². The quantitative estimate of drug-likeness (QED) is 0.368. The summed E-state index contributed by atoms with van der Waals surface area (Å²) >= 11 is 6.14. The van der Waals surface area contributed by atoms with Crippen molar-refractivity contribution >= 4 is 23.7 Å². The van der Waals surface area contributed by atoms with Crippen molar-refractivity contribution in [3.05, 3.63) is 34.6 Å². The molecule has 2 aliphatic heterocycles. The number of benzene rings is 1. The van der Waals surface area contributed by atoms with Crippen LogP contribution in [0.3, 0.4) is 0 Å². The average molecular weight is 543 g/mol. The van der Waals surface area contributed by atoms with Crippen LogP contribution in [0, 0.1) is 17.7 Å². The first-order valence-corrected chi connectivity index (χ1v) is 13.4. The summed E-state index contributed by atoms with van der Waals surface area (Å²) < 4.78 is 30.6. The van der Waals surface area contributed by atoms with Gasteiger partial charge in [-0.2, -0.15) is 0 Å². The summed E-state index contributed by atoms with van der Waals surface area (Å²) in [5, 5.41) is 9.26. The molecular weight excluding hydrogens is 503 g/mol. The van der Waals surface area contributed by atoms with Gasteiger partial charge in [0, 0.05) is 56.4 Å². The number of halogens is 2. The molecule has 208 valence electrons. The lowest BCUT2D eigenvalue weighted by Crippen LogP contribution is -2.52. The first-order chi connectivity index (χ1) is 17.9. The number of likely N-dealkylation sites (tertiary alicyclic amines) is 1. The molecule has 1 aromatic rings. The third-order valence-corrected chi connectivity index (χ3v) is 7.11. The van der Waals surface area contributed by atoms with Crippen molar-refractivity contribution in [2.75, 3.05) is 60.2 Å². The number of piperidine rings is 1. The second-order valence-electron chi connectivity index (χ2n) is 9.78. The summed E-state index contributed by atoms with van der Waals surface area (Å²) in [5.74, 6) is -0.0728. The van der Waals surface area contributed by atoms with Gasteiger partial charge in [-0.15, -0.1) is 0 Å². The number of amides is 3. The highest BCUT2D eigenvalue weighted by Gasteiger charge is 2.32. The molecule has 2 saturated heterocycles.